The van der Waals surface area contributed by atoms with Crippen LogP contribution >= 0.6 is 15.9 Å². The maximum atomic E-state index is 5.53. The summed E-state index contributed by atoms with van der Waals surface area (Å²) < 4.78 is 6.54. The fraction of sp³-hybridized carbons (Fsp3) is 0.0625. The number of hydrogen-bond donors (Lipinski definition) is 0. The smallest absolute Gasteiger partial charge is 0.120 e. The van der Waals surface area contributed by atoms with Crippen LogP contribution in [0.15, 0.2) is 114 Å². The third-order valence-electron chi connectivity index (χ3n) is 7.44. The Bertz CT molecular complexity index is 1570. The van der Waals surface area contributed by atoms with Gasteiger partial charge in [-0.25, -0.2) is 0 Å². The number of hydrogen-bond acceptors (Lipinski definition) is 1. The van der Waals surface area contributed by atoms with Crippen LogP contribution in [0.2, 0.25) is 0 Å². The molecule has 2 aliphatic carbocycles. The van der Waals surface area contributed by atoms with Crippen molar-refractivity contribution >= 4 is 15.9 Å². The Hall–Kier alpha value is -3.62. The van der Waals surface area contributed by atoms with Gasteiger partial charge in [0.15, 0.2) is 0 Å². The Morgan fingerprint density at radius 1 is 0.529 bits per heavy atom. The largest absolute Gasteiger partial charge is 0.497 e. The Morgan fingerprint density at radius 2 is 1.06 bits per heavy atom. The van der Waals surface area contributed by atoms with Gasteiger partial charge in [-0.15, -0.1) is 0 Å². The summed E-state index contributed by atoms with van der Waals surface area (Å²) in [5.74, 6) is 0.848. The normalized spacial score (nSPS) is 13.8. The zero-order valence-electron chi connectivity index (χ0n) is 18.7. The molecule has 34 heavy (non-hydrogen) atoms. The van der Waals surface area contributed by atoms with E-state index in [1.54, 1.807) is 7.11 Å². The van der Waals surface area contributed by atoms with Gasteiger partial charge in [-0.1, -0.05) is 101 Å². The molecule has 1 spiro atoms. The van der Waals surface area contributed by atoms with Crippen LogP contribution in [0.3, 0.4) is 0 Å². The average molecular weight is 501 g/mol. The van der Waals surface area contributed by atoms with E-state index in [1.807, 2.05) is 6.07 Å². The van der Waals surface area contributed by atoms with Gasteiger partial charge in [0, 0.05) is 4.47 Å². The maximum absolute atomic E-state index is 5.53. The molecule has 0 fully saturated rings. The lowest BCUT2D eigenvalue weighted by Crippen LogP contribution is -2.25. The van der Waals surface area contributed by atoms with Crippen molar-refractivity contribution in [2.45, 2.75) is 5.41 Å². The minimum Gasteiger partial charge on any atom is -0.497 e. The molecule has 0 atom stereocenters. The fourth-order valence-electron chi connectivity index (χ4n) is 6.13. The number of fused-ring (bicyclic) bond motifs is 10. The highest BCUT2D eigenvalue weighted by Crippen LogP contribution is 2.62. The van der Waals surface area contributed by atoms with Crippen molar-refractivity contribution in [2.75, 3.05) is 7.11 Å². The minimum absolute atomic E-state index is 0.285. The highest BCUT2D eigenvalue weighted by Gasteiger charge is 2.51. The molecule has 5 aromatic rings. The highest BCUT2D eigenvalue weighted by atomic mass is 79.9. The van der Waals surface area contributed by atoms with Crippen molar-refractivity contribution in [1.29, 1.82) is 0 Å². The monoisotopic (exact) mass is 500 g/mol. The summed E-state index contributed by atoms with van der Waals surface area (Å²) in [6.45, 7) is 0. The van der Waals surface area contributed by atoms with E-state index in [-0.39, 0.29) is 5.41 Å². The maximum Gasteiger partial charge on any atom is 0.120 e. The summed E-state index contributed by atoms with van der Waals surface area (Å²) in [6.07, 6.45) is 0. The number of methoxy groups -OCH3 is 1. The molecule has 0 unspecified atom stereocenters. The van der Waals surface area contributed by atoms with Crippen LogP contribution in [0, 0.1) is 0 Å². The second-order valence-electron chi connectivity index (χ2n) is 9.03. The summed E-state index contributed by atoms with van der Waals surface area (Å²) in [7, 11) is 1.71. The van der Waals surface area contributed by atoms with E-state index >= 15 is 0 Å². The summed E-state index contributed by atoms with van der Waals surface area (Å²) in [6, 6.07) is 40.0. The third kappa shape index (κ3) is 2.49. The molecule has 0 N–H and O–H groups in total. The predicted molar refractivity (Wildman–Crippen MR) is 142 cm³/mol. The number of benzene rings is 5. The standard InChI is InChI=1S/C32H21BrO/c1-34-23-17-21(16-22(33)19-23)20-14-15-31-27(18-20)26-10-4-7-13-30(26)32(31)28-11-5-2-8-24(28)25-9-3-6-12-29(25)32/h2-19H,1H3. The van der Waals surface area contributed by atoms with Crippen molar-refractivity contribution in [1.82, 2.24) is 0 Å². The van der Waals surface area contributed by atoms with E-state index in [1.165, 1.54) is 50.1 Å². The van der Waals surface area contributed by atoms with E-state index in [0.717, 1.165) is 15.8 Å². The summed E-state index contributed by atoms with van der Waals surface area (Å²) in [5.41, 5.74) is 12.8. The molecule has 0 radical (unpaired) electrons. The molecule has 0 saturated heterocycles. The summed E-state index contributed by atoms with van der Waals surface area (Å²) in [4.78, 5) is 0. The molecule has 5 aromatic carbocycles. The Balaban J connectivity index is 1.56. The molecule has 162 valence electrons. The van der Waals surface area contributed by atoms with Crippen LogP contribution in [-0.4, -0.2) is 7.11 Å². The van der Waals surface area contributed by atoms with Gasteiger partial charge in [-0.3, -0.25) is 0 Å². The highest BCUT2D eigenvalue weighted by molar-refractivity contribution is 9.10. The third-order valence-corrected chi connectivity index (χ3v) is 7.90. The minimum atomic E-state index is -0.285. The van der Waals surface area contributed by atoms with Crippen molar-refractivity contribution in [3.8, 4) is 39.1 Å². The number of halogens is 1. The Labute approximate surface area is 207 Å². The lowest BCUT2D eigenvalue weighted by Gasteiger charge is -2.30. The predicted octanol–water partition coefficient (Wildman–Crippen LogP) is 8.47. The van der Waals surface area contributed by atoms with Crippen LogP contribution in [0.4, 0.5) is 0 Å². The van der Waals surface area contributed by atoms with Gasteiger partial charge in [0.1, 0.15) is 5.75 Å². The molecular formula is C32H21BrO. The van der Waals surface area contributed by atoms with Gasteiger partial charge in [-0.05, 0) is 79.9 Å². The van der Waals surface area contributed by atoms with Crippen LogP contribution in [-0.2, 0) is 5.41 Å². The van der Waals surface area contributed by atoms with Gasteiger partial charge in [0.25, 0.3) is 0 Å². The summed E-state index contributed by atoms with van der Waals surface area (Å²) >= 11 is 3.64. The van der Waals surface area contributed by atoms with Crippen LogP contribution in [0.5, 0.6) is 5.75 Å². The van der Waals surface area contributed by atoms with Gasteiger partial charge >= 0.3 is 0 Å². The van der Waals surface area contributed by atoms with E-state index in [4.69, 9.17) is 4.74 Å². The van der Waals surface area contributed by atoms with E-state index in [9.17, 15) is 0 Å². The molecule has 1 nitrogen and oxygen atoms in total. The molecule has 0 amide bonds. The molecule has 0 aromatic heterocycles. The molecule has 0 heterocycles. The lowest BCUT2D eigenvalue weighted by atomic mass is 9.70. The van der Waals surface area contributed by atoms with E-state index in [0.29, 0.717) is 0 Å². The topological polar surface area (TPSA) is 9.23 Å². The number of ether oxygens (including phenoxy) is 1. The Kier molecular flexibility index (Phi) is 4.19. The van der Waals surface area contributed by atoms with Gasteiger partial charge in [-0.2, -0.15) is 0 Å². The first-order valence-electron chi connectivity index (χ1n) is 11.5. The first-order valence-corrected chi connectivity index (χ1v) is 12.3. The average Bonchev–Trinajstić information content (AvgIpc) is 3.35. The molecule has 7 rings (SSSR count). The first kappa shape index (κ1) is 19.8. The summed E-state index contributed by atoms with van der Waals surface area (Å²) in [5, 5.41) is 0. The van der Waals surface area contributed by atoms with Crippen molar-refractivity contribution in [3.05, 3.63) is 136 Å². The quantitative estimate of drug-likeness (QED) is 0.231. The Morgan fingerprint density at radius 3 is 1.65 bits per heavy atom. The second-order valence-corrected chi connectivity index (χ2v) is 9.94. The first-order chi connectivity index (χ1) is 16.7. The molecule has 0 aliphatic heterocycles. The zero-order chi connectivity index (χ0) is 22.9. The van der Waals surface area contributed by atoms with Gasteiger partial charge < -0.3 is 4.74 Å². The van der Waals surface area contributed by atoms with Crippen molar-refractivity contribution in [2.24, 2.45) is 0 Å². The lowest BCUT2D eigenvalue weighted by molar-refractivity contribution is 0.414. The van der Waals surface area contributed by atoms with E-state index in [2.05, 4.69) is 119 Å². The SMILES string of the molecule is COc1cc(Br)cc(-c2ccc3c(c2)-c2ccccc2C32c3ccccc3-c3ccccc32)c1. The van der Waals surface area contributed by atoms with Crippen molar-refractivity contribution < 1.29 is 4.74 Å². The molecule has 0 saturated carbocycles. The zero-order valence-corrected chi connectivity index (χ0v) is 20.3. The second kappa shape index (κ2) is 7.19. The van der Waals surface area contributed by atoms with E-state index < -0.39 is 0 Å². The van der Waals surface area contributed by atoms with Crippen molar-refractivity contribution in [3.63, 3.8) is 0 Å². The van der Waals surface area contributed by atoms with Crippen LogP contribution in [0.1, 0.15) is 22.3 Å². The molecule has 0 bridgehead atoms. The molecule has 2 aliphatic rings. The fourth-order valence-corrected chi connectivity index (χ4v) is 6.60. The van der Waals surface area contributed by atoms with Gasteiger partial charge in [0.05, 0.1) is 12.5 Å². The van der Waals surface area contributed by atoms with Gasteiger partial charge in [0.2, 0.25) is 0 Å². The van der Waals surface area contributed by atoms with Crippen LogP contribution < -0.4 is 4.74 Å². The molecule has 2 heteroatoms. The molecular weight excluding hydrogens is 480 g/mol. The van der Waals surface area contributed by atoms with Crippen LogP contribution in [0.25, 0.3) is 33.4 Å². The number of rotatable bonds is 2.